The first-order chi connectivity index (χ1) is 14.1. The minimum atomic E-state index is 0.0838. The molecular formula is C22H22N6O. The molecule has 0 unspecified atom stereocenters. The number of hydrogen-bond donors (Lipinski definition) is 2. The largest absolute Gasteiger partial charge is 0.494 e. The Kier molecular flexibility index (Phi) is 4.16. The number of aromatic amines is 1. The zero-order valence-corrected chi connectivity index (χ0v) is 16.4. The lowest BCUT2D eigenvalue weighted by atomic mass is 10.0. The molecule has 0 saturated heterocycles. The summed E-state index contributed by atoms with van der Waals surface area (Å²) in [6.07, 6.45) is 9.85. The molecule has 0 spiro atoms. The number of aromatic nitrogens is 5. The molecule has 2 N–H and O–H groups in total. The monoisotopic (exact) mass is 386 g/mol. The first kappa shape index (κ1) is 17.6. The predicted octanol–water partition coefficient (Wildman–Crippen LogP) is 4.39. The lowest BCUT2D eigenvalue weighted by molar-refractivity contribution is 0.457. The van der Waals surface area contributed by atoms with Crippen molar-refractivity contribution >= 4 is 22.4 Å². The molecule has 4 aromatic rings. The van der Waals surface area contributed by atoms with Crippen molar-refractivity contribution in [3.63, 3.8) is 0 Å². The fourth-order valence-corrected chi connectivity index (χ4v) is 3.63. The van der Waals surface area contributed by atoms with Gasteiger partial charge in [-0.05, 0) is 50.3 Å². The van der Waals surface area contributed by atoms with Crippen molar-refractivity contribution in [3.8, 4) is 17.1 Å². The number of nitrogens with one attached hydrogen (secondary N) is 1. The quantitative estimate of drug-likeness (QED) is 0.498. The number of fused-ring (bicyclic) bond motifs is 1. The van der Waals surface area contributed by atoms with E-state index in [1.807, 2.05) is 49.1 Å². The molecular weight excluding hydrogens is 364 g/mol. The highest BCUT2D eigenvalue weighted by atomic mass is 16.3. The first-order valence-corrected chi connectivity index (χ1v) is 9.79. The third-order valence-electron chi connectivity index (χ3n) is 5.39. The Morgan fingerprint density at radius 1 is 1.31 bits per heavy atom. The molecule has 7 nitrogen and oxygen atoms in total. The van der Waals surface area contributed by atoms with Crippen LogP contribution in [0.2, 0.25) is 0 Å². The van der Waals surface area contributed by atoms with E-state index >= 15 is 0 Å². The van der Waals surface area contributed by atoms with E-state index in [2.05, 4.69) is 25.0 Å². The predicted molar refractivity (Wildman–Crippen MR) is 113 cm³/mol. The molecule has 4 heterocycles. The Hall–Kier alpha value is -3.48. The number of pyridine rings is 2. The molecule has 146 valence electrons. The van der Waals surface area contributed by atoms with Crippen molar-refractivity contribution in [1.82, 2.24) is 24.7 Å². The summed E-state index contributed by atoms with van der Waals surface area (Å²) < 4.78 is 1.95. The van der Waals surface area contributed by atoms with Gasteiger partial charge in [0, 0.05) is 42.2 Å². The summed E-state index contributed by atoms with van der Waals surface area (Å²) in [5, 5.41) is 15.9. The number of aryl methyl sites for hydroxylation is 1. The second-order valence-corrected chi connectivity index (χ2v) is 7.69. The van der Waals surface area contributed by atoms with Crippen molar-refractivity contribution in [3.05, 3.63) is 54.1 Å². The van der Waals surface area contributed by atoms with Gasteiger partial charge in [0.2, 0.25) is 0 Å². The Morgan fingerprint density at radius 2 is 2.17 bits per heavy atom. The van der Waals surface area contributed by atoms with Gasteiger partial charge >= 0.3 is 0 Å². The van der Waals surface area contributed by atoms with Gasteiger partial charge in [-0.25, -0.2) is 4.99 Å². The Bertz CT molecular complexity index is 1230. The fourth-order valence-electron chi connectivity index (χ4n) is 3.63. The SMILES string of the molecule is CC(=Nc1ccn(CC2CC2)n1)c1c(O)[nH]c2cnc(-c3cnccc3C)cc12. The molecule has 1 saturated carbocycles. The van der Waals surface area contributed by atoms with E-state index in [1.54, 1.807) is 12.4 Å². The standard InChI is InChI=1S/C22H22N6O/c1-13-5-7-23-10-17(13)18-9-16-19(11-24-18)26-22(29)21(16)14(2)25-20-6-8-28(27-20)12-15-3-4-15/h5-11,15,26,29H,3-4,12H2,1-2H3. The summed E-state index contributed by atoms with van der Waals surface area (Å²) in [6.45, 7) is 4.87. The molecule has 0 radical (unpaired) electrons. The van der Waals surface area contributed by atoms with Gasteiger partial charge in [-0.15, -0.1) is 0 Å². The van der Waals surface area contributed by atoms with Crippen LogP contribution in [0, 0.1) is 12.8 Å². The van der Waals surface area contributed by atoms with Crippen LogP contribution in [0.5, 0.6) is 5.88 Å². The van der Waals surface area contributed by atoms with Crippen LogP contribution >= 0.6 is 0 Å². The maximum absolute atomic E-state index is 10.5. The third-order valence-corrected chi connectivity index (χ3v) is 5.39. The number of hydrogen-bond acceptors (Lipinski definition) is 5. The normalized spacial score (nSPS) is 14.6. The molecule has 1 fully saturated rings. The highest BCUT2D eigenvalue weighted by Crippen LogP contribution is 2.32. The van der Waals surface area contributed by atoms with Gasteiger partial charge in [0.25, 0.3) is 0 Å². The summed E-state index contributed by atoms with van der Waals surface area (Å²) in [4.78, 5) is 16.4. The maximum Gasteiger partial charge on any atom is 0.198 e. The minimum Gasteiger partial charge on any atom is -0.494 e. The number of aliphatic imine (C=N–C) groups is 1. The maximum atomic E-state index is 10.5. The van der Waals surface area contributed by atoms with Crippen LogP contribution in [0.15, 0.2) is 48.0 Å². The Morgan fingerprint density at radius 3 is 2.97 bits per heavy atom. The van der Waals surface area contributed by atoms with Crippen LogP contribution in [0.25, 0.3) is 22.2 Å². The van der Waals surface area contributed by atoms with Crippen molar-refractivity contribution in [2.45, 2.75) is 33.2 Å². The van der Waals surface area contributed by atoms with Crippen LogP contribution in [-0.4, -0.2) is 35.6 Å². The van der Waals surface area contributed by atoms with E-state index in [1.165, 1.54) is 12.8 Å². The molecule has 1 aliphatic rings. The lowest BCUT2D eigenvalue weighted by Crippen LogP contribution is -1.99. The average Bonchev–Trinajstić information content (AvgIpc) is 3.30. The summed E-state index contributed by atoms with van der Waals surface area (Å²) in [5.74, 6) is 1.49. The lowest BCUT2D eigenvalue weighted by Gasteiger charge is -2.05. The molecule has 1 aliphatic carbocycles. The molecule has 5 rings (SSSR count). The van der Waals surface area contributed by atoms with Crippen molar-refractivity contribution in [2.24, 2.45) is 10.9 Å². The summed E-state index contributed by atoms with van der Waals surface area (Å²) in [6, 6.07) is 5.83. The highest BCUT2D eigenvalue weighted by Gasteiger charge is 2.22. The summed E-state index contributed by atoms with van der Waals surface area (Å²) in [7, 11) is 0. The molecule has 0 aliphatic heterocycles. The van der Waals surface area contributed by atoms with Crippen molar-refractivity contribution < 1.29 is 5.11 Å². The van der Waals surface area contributed by atoms with E-state index in [-0.39, 0.29) is 5.88 Å². The van der Waals surface area contributed by atoms with Gasteiger partial charge in [-0.2, -0.15) is 5.10 Å². The van der Waals surface area contributed by atoms with E-state index in [9.17, 15) is 5.11 Å². The van der Waals surface area contributed by atoms with Crippen LogP contribution in [0.4, 0.5) is 5.82 Å². The number of H-pyrrole nitrogens is 1. The van der Waals surface area contributed by atoms with Gasteiger partial charge in [-0.3, -0.25) is 14.6 Å². The summed E-state index contributed by atoms with van der Waals surface area (Å²) >= 11 is 0. The number of rotatable bonds is 5. The average molecular weight is 386 g/mol. The molecule has 7 heteroatoms. The molecule has 29 heavy (non-hydrogen) atoms. The van der Waals surface area contributed by atoms with Crippen LogP contribution in [-0.2, 0) is 6.54 Å². The highest BCUT2D eigenvalue weighted by molar-refractivity contribution is 6.13. The van der Waals surface area contributed by atoms with Crippen LogP contribution in [0.3, 0.4) is 0 Å². The smallest absolute Gasteiger partial charge is 0.198 e. The van der Waals surface area contributed by atoms with E-state index in [0.29, 0.717) is 17.1 Å². The van der Waals surface area contributed by atoms with Crippen molar-refractivity contribution in [2.75, 3.05) is 0 Å². The molecule has 0 amide bonds. The Balaban J connectivity index is 1.54. The molecule has 0 bridgehead atoms. The first-order valence-electron chi connectivity index (χ1n) is 9.79. The third kappa shape index (κ3) is 3.40. The second kappa shape index (κ2) is 6.84. The molecule has 0 atom stereocenters. The minimum absolute atomic E-state index is 0.0838. The zero-order chi connectivity index (χ0) is 20.0. The zero-order valence-electron chi connectivity index (χ0n) is 16.4. The number of nitrogens with zero attached hydrogens (tertiary/aromatic N) is 5. The van der Waals surface area contributed by atoms with Gasteiger partial charge in [0.15, 0.2) is 11.7 Å². The van der Waals surface area contributed by atoms with Gasteiger partial charge in [0.1, 0.15) is 0 Å². The summed E-state index contributed by atoms with van der Waals surface area (Å²) in [5.41, 5.74) is 5.00. The topological polar surface area (TPSA) is 92.0 Å². The van der Waals surface area contributed by atoms with E-state index < -0.39 is 0 Å². The van der Waals surface area contributed by atoms with Gasteiger partial charge in [0.05, 0.1) is 28.7 Å². The number of aromatic hydroxyl groups is 1. The van der Waals surface area contributed by atoms with E-state index in [4.69, 9.17) is 0 Å². The van der Waals surface area contributed by atoms with Gasteiger partial charge < -0.3 is 10.1 Å². The van der Waals surface area contributed by atoms with Crippen LogP contribution in [0.1, 0.15) is 30.9 Å². The molecule has 4 aromatic heterocycles. The van der Waals surface area contributed by atoms with Gasteiger partial charge in [-0.1, -0.05) is 0 Å². The molecule has 0 aromatic carbocycles. The van der Waals surface area contributed by atoms with E-state index in [0.717, 1.165) is 40.2 Å². The van der Waals surface area contributed by atoms with Crippen molar-refractivity contribution in [1.29, 1.82) is 0 Å². The Labute approximate surface area is 168 Å². The fraction of sp³-hybridized carbons (Fsp3) is 0.273. The second-order valence-electron chi connectivity index (χ2n) is 7.69. The van der Waals surface area contributed by atoms with Crippen LogP contribution < -0.4 is 0 Å².